The number of carbonyl (C=O) groups is 2. The summed E-state index contributed by atoms with van der Waals surface area (Å²) >= 11 is 7.50. The van der Waals surface area contributed by atoms with Crippen LogP contribution in [0.5, 0.6) is 0 Å². The van der Waals surface area contributed by atoms with Gasteiger partial charge in [0.25, 0.3) is 0 Å². The SMILES string of the molecule is CCC(C(=O)NCC(C)C)N(Cc1cccc(C)c1)C(=O)CSCc1ccc(Cl)cc1. The van der Waals surface area contributed by atoms with Crippen LogP contribution in [0.3, 0.4) is 0 Å². The van der Waals surface area contributed by atoms with E-state index in [0.29, 0.717) is 36.2 Å². The van der Waals surface area contributed by atoms with Gasteiger partial charge >= 0.3 is 0 Å². The Hall–Kier alpha value is -1.98. The minimum atomic E-state index is -0.483. The van der Waals surface area contributed by atoms with Crippen LogP contribution in [0, 0.1) is 12.8 Å². The summed E-state index contributed by atoms with van der Waals surface area (Å²) in [6, 6.07) is 15.3. The molecule has 0 aliphatic carbocycles. The van der Waals surface area contributed by atoms with Crippen LogP contribution in [0.1, 0.15) is 43.9 Å². The molecule has 2 rings (SSSR count). The van der Waals surface area contributed by atoms with Crippen molar-refractivity contribution in [2.24, 2.45) is 5.92 Å². The third-order valence-electron chi connectivity index (χ3n) is 4.91. The minimum absolute atomic E-state index is 0.0213. The number of halogens is 1. The average Bonchev–Trinajstić information content (AvgIpc) is 2.73. The molecule has 4 nitrogen and oxygen atoms in total. The zero-order valence-corrected chi connectivity index (χ0v) is 20.4. The maximum atomic E-state index is 13.2. The van der Waals surface area contributed by atoms with Crippen molar-refractivity contribution in [2.45, 2.75) is 52.5 Å². The van der Waals surface area contributed by atoms with Gasteiger partial charge < -0.3 is 10.2 Å². The average molecular weight is 461 g/mol. The van der Waals surface area contributed by atoms with E-state index in [9.17, 15) is 9.59 Å². The van der Waals surface area contributed by atoms with Crippen molar-refractivity contribution >= 4 is 35.2 Å². The van der Waals surface area contributed by atoms with Crippen molar-refractivity contribution in [3.8, 4) is 0 Å². The molecule has 0 saturated heterocycles. The molecule has 0 aliphatic heterocycles. The van der Waals surface area contributed by atoms with E-state index in [0.717, 1.165) is 22.4 Å². The highest BCUT2D eigenvalue weighted by atomic mass is 35.5. The predicted octanol–water partition coefficient (Wildman–Crippen LogP) is 5.46. The molecule has 2 amide bonds. The molecule has 0 heterocycles. The Morgan fingerprint density at radius 1 is 1.10 bits per heavy atom. The van der Waals surface area contributed by atoms with Crippen molar-refractivity contribution in [1.29, 1.82) is 0 Å². The van der Waals surface area contributed by atoms with E-state index in [1.54, 1.807) is 16.7 Å². The number of benzene rings is 2. The molecule has 0 saturated carbocycles. The summed E-state index contributed by atoms with van der Waals surface area (Å²) in [4.78, 5) is 27.8. The highest BCUT2D eigenvalue weighted by Gasteiger charge is 2.28. The number of nitrogens with one attached hydrogen (secondary N) is 1. The molecule has 6 heteroatoms. The van der Waals surface area contributed by atoms with E-state index in [-0.39, 0.29) is 11.8 Å². The highest BCUT2D eigenvalue weighted by molar-refractivity contribution is 7.99. The summed E-state index contributed by atoms with van der Waals surface area (Å²) < 4.78 is 0. The van der Waals surface area contributed by atoms with Gasteiger partial charge in [-0.2, -0.15) is 0 Å². The Balaban J connectivity index is 2.11. The third kappa shape index (κ3) is 8.58. The molecule has 1 unspecified atom stereocenters. The molecule has 0 spiro atoms. The molecule has 2 aromatic carbocycles. The minimum Gasteiger partial charge on any atom is -0.354 e. The van der Waals surface area contributed by atoms with Crippen LogP contribution in [-0.4, -0.2) is 35.1 Å². The molecule has 1 atom stereocenters. The van der Waals surface area contributed by atoms with E-state index < -0.39 is 6.04 Å². The maximum absolute atomic E-state index is 13.2. The summed E-state index contributed by atoms with van der Waals surface area (Å²) in [7, 11) is 0. The van der Waals surface area contributed by atoms with Gasteiger partial charge in [-0.3, -0.25) is 9.59 Å². The summed E-state index contributed by atoms with van der Waals surface area (Å²) in [5, 5.41) is 3.70. The first-order valence-electron chi connectivity index (χ1n) is 10.7. The van der Waals surface area contributed by atoms with Crippen molar-refractivity contribution < 1.29 is 9.59 Å². The van der Waals surface area contributed by atoms with Crippen molar-refractivity contribution in [3.05, 3.63) is 70.2 Å². The molecule has 2 aromatic rings. The van der Waals surface area contributed by atoms with Gasteiger partial charge in [-0.05, 0) is 42.5 Å². The number of amides is 2. The summed E-state index contributed by atoms with van der Waals surface area (Å²) in [5.41, 5.74) is 3.29. The van der Waals surface area contributed by atoms with Crippen LogP contribution in [0.15, 0.2) is 48.5 Å². The van der Waals surface area contributed by atoms with E-state index >= 15 is 0 Å². The van der Waals surface area contributed by atoms with Gasteiger partial charge in [0.15, 0.2) is 0 Å². The van der Waals surface area contributed by atoms with Gasteiger partial charge in [0.2, 0.25) is 11.8 Å². The Morgan fingerprint density at radius 2 is 1.81 bits per heavy atom. The molecule has 1 N–H and O–H groups in total. The van der Waals surface area contributed by atoms with Crippen LogP contribution in [0.2, 0.25) is 5.02 Å². The molecular weight excluding hydrogens is 428 g/mol. The molecule has 0 aliphatic rings. The Kier molecular flexibility index (Phi) is 10.4. The summed E-state index contributed by atoms with van der Waals surface area (Å²) in [6.45, 7) is 9.14. The van der Waals surface area contributed by atoms with Crippen LogP contribution < -0.4 is 5.32 Å². The fourth-order valence-corrected chi connectivity index (χ4v) is 4.27. The fraction of sp³-hybridized carbons (Fsp3) is 0.440. The second-order valence-electron chi connectivity index (χ2n) is 8.19. The Labute approximate surface area is 195 Å². The predicted molar refractivity (Wildman–Crippen MR) is 131 cm³/mol. The zero-order chi connectivity index (χ0) is 22.8. The molecule has 0 fully saturated rings. The lowest BCUT2D eigenvalue weighted by Gasteiger charge is -2.31. The van der Waals surface area contributed by atoms with Crippen LogP contribution in [0.4, 0.5) is 0 Å². The van der Waals surface area contributed by atoms with Gasteiger partial charge in [-0.25, -0.2) is 0 Å². The number of rotatable bonds is 11. The number of hydrogen-bond acceptors (Lipinski definition) is 3. The van der Waals surface area contributed by atoms with E-state index in [1.165, 1.54) is 0 Å². The van der Waals surface area contributed by atoms with E-state index in [2.05, 4.69) is 25.2 Å². The normalized spacial score (nSPS) is 11.9. The monoisotopic (exact) mass is 460 g/mol. The lowest BCUT2D eigenvalue weighted by molar-refractivity contribution is -0.139. The quantitative estimate of drug-likeness (QED) is 0.484. The summed E-state index contributed by atoms with van der Waals surface area (Å²) in [6.07, 6.45) is 0.573. The van der Waals surface area contributed by atoms with Crippen LogP contribution in [-0.2, 0) is 21.9 Å². The van der Waals surface area contributed by atoms with Crippen LogP contribution >= 0.6 is 23.4 Å². The largest absolute Gasteiger partial charge is 0.354 e. The Bertz CT molecular complexity index is 855. The van der Waals surface area contributed by atoms with Crippen molar-refractivity contribution in [3.63, 3.8) is 0 Å². The maximum Gasteiger partial charge on any atom is 0.242 e. The second kappa shape index (κ2) is 12.8. The topological polar surface area (TPSA) is 49.4 Å². The number of carbonyl (C=O) groups excluding carboxylic acids is 2. The van der Waals surface area contributed by atoms with Gasteiger partial charge in [0.05, 0.1) is 5.75 Å². The smallest absolute Gasteiger partial charge is 0.242 e. The molecule has 0 aromatic heterocycles. The fourth-order valence-electron chi connectivity index (χ4n) is 3.27. The number of thioether (sulfide) groups is 1. The van der Waals surface area contributed by atoms with Crippen molar-refractivity contribution in [2.75, 3.05) is 12.3 Å². The van der Waals surface area contributed by atoms with Gasteiger partial charge in [0, 0.05) is 23.9 Å². The standard InChI is InChI=1S/C25H33ClN2O2S/c1-5-23(25(30)27-14-18(2)3)28(15-21-8-6-7-19(4)13-21)24(29)17-31-16-20-9-11-22(26)12-10-20/h6-13,18,23H,5,14-17H2,1-4H3,(H,27,30). The molecule has 31 heavy (non-hydrogen) atoms. The molecule has 0 bridgehead atoms. The highest BCUT2D eigenvalue weighted by Crippen LogP contribution is 2.19. The first-order valence-corrected chi connectivity index (χ1v) is 12.3. The number of nitrogens with zero attached hydrogens (tertiary/aromatic N) is 1. The molecule has 0 radical (unpaired) electrons. The van der Waals surface area contributed by atoms with Gasteiger partial charge in [-0.15, -0.1) is 11.8 Å². The number of hydrogen-bond donors (Lipinski definition) is 1. The molecular formula is C25H33ClN2O2S. The zero-order valence-electron chi connectivity index (χ0n) is 18.9. The lowest BCUT2D eigenvalue weighted by atomic mass is 10.1. The Morgan fingerprint density at radius 3 is 2.42 bits per heavy atom. The first-order chi connectivity index (χ1) is 14.8. The van der Waals surface area contributed by atoms with E-state index in [4.69, 9.17) is 11.6 Å². The van der Waals surface area contributed by atoms with Crippen molar-refractivity contribution in [1.82, 2.24) is 10.2 Å². The van der Waals surface area contributed by atoms with E-state index in [1.807, 2.05) is 56.3 Å². The third-order valence-corrected chi connectivity index (χ3v) is 6.15. The summed E-state index contributed by atoms with van der Waals surface area (Å²) in [5.74, 6) is 1.30. The molecule has 168 valence electrons. The first kappa shape index (κ1) is 25.3. The second-order valence-corrected chi connectivity index (χ2v) is 9.62. The van der Waals surface area contributed by atoms with Crippen LogP contribution in [0.25, 0.3) is 0 Å². The van der Waals surface area contributed by atoms with Gasteiger partial charge in [0.1, 0.15) is 6.04 Å². The number of aryl methyl sites for hydroxylation is 1. The van der Waals surface area contributed by atoms with Gasteiger partial charge in [-0.1, -0.05) is 74.3 Å². The lowest BCUT2D eigenvalue weighted by Crippen LogP contribution is -2.50.